The van der Waals surface area contributed by atoms with Gasteiger partial charge in [-0.1, -0.05) is 18.2 Å². The van der Waals surface area contributed by atoms with Crippen molar-refractivity contribution in [1.29, 1.82) is 0 Å². The number of nitrogens with zero attached hydrogens (tertiary/aromatic N) is 2. The number of hydrogen-bond acceptors (Lipinski definition) is 6. The van der Waals surface area contributed by atoms with Crippen LogP contribution in [0, 0.1) is 6.92 Å². The van der Waals surface area contributed by atoms with Crippen LogP contribution in [0.2, 0.25) is 0 Å². The highest BCUT2D eigenvalue weighted by Gasteiger charge is 2.13. The largest absolute Gasteiger partial charge is 0.456 e. The van der Waals surface area contributed by atoms with Gasteiger partial charge in [0.25, 0.3) is 11.5 Å². The van der Waals surface area contributed by atoms with Crippen LogP contribution in [0.3, 0.4) is 0 Å². The SMILES string of the molecule is Cc1cc2nc(COC(=O)c3cccc(NC(=O)c4ccccc4Br)c3)cc(=O)n2o1. The molecule has 0 fully saturated rings. The fourth-order valence-corrected chi connectivity index (χ4v) is 3.40. The molecule has 0 saturated heterocycles. The summed E-state index contributed by atoms with van der Waals surface area (Å²) in [4.78, 5) is 41.2. The predicted molar refractivity (Wildman–Crippen MR) is 116 cm³/mol. The van der Waals surface area contributed by atoms with Crippen LogP contribution in [-0.2, 0) is 11.3 Å². The lowest BCUT2D eigenvalue weighted by atomic mass is 10.1. The maximum Gasteiger partial charge on any atom is 0.338 e. The standard InChI is InChI=1S/C22H16BrN3O5/c1-13-9-19-24-16(11-20(27)26(19)31-13)12-30-22(29)14-5-4-6-15(10-14)25-21(28)17-7-2-3-8-18(17)23/h2-11H,12H2,1H3,(H,25,28). The van der Waals surface area contributed by atoms with E-state index in [1.165, 1.54) is 12.1 Å². The number of anilines is 1. The zero-order valence-corrected chi connectivity index (χ0v) is 17.9. The minimum atomic E-state index is -0.609. The zero-order valence-electron chi connectivity index (χ0n) is 16.3. The first kappa shape index (κ1) is 20.5. The fourth-order valence-electron chi connectivity index (χ4n) is 2.94. The van der Waals surface area contributed by atoms with Crippen LogP contribution in [0.5, 0.6) is 0 Å². The number of fused-ring (bicyclic) bond motifs is 1. The van der Waals surface area contributed by atoms with E-state index in [2.05, 4.69) is 26.2 Å². The third-order valence-electron chi connectivity index (χ3n) is 4.35. The third-order valence-corrected chi connectivity index (χ3v) is 5.04. The molecule has 9 heteroatoms. The predicted octanol–water partition coefficient (Wildman–Crippen LogP) is 3.97. The Morgan fingerprint density at radius 2 is 1.94 bits per heavy atom. The van der Waals surface area contributed by atoms with Crippen molar-refractivity contribution in [3.05, 3.63) is 98.1 Å². The molecule has 4 rings (SSSR count). The number of halogens is 1. The van der Waals surface area contributed by atoms with Crippen molar-refractivity contribution in [2.75, 3.05) is 5.32 Å². The molecule has 0 unspecified atom stereocenters. The number of benzene rings is 2. The number of carbonyl (C=O) groups excluding carboxylic acids is 2. The van der Waals surface area contributed by atoms with Crippen molar-refractivity contribution in [3.8, 4) is 0 Å². The molecule has 0 aliphatic rings. The van der Waals surface area contributed by atoms with E-state index in [4.69, 9.17) is 9.26 Å². The minimum Gasteiger partial charge on any atom is -0.456 e. The highest BCUT2D eigenvalue weighted by atomic mass is 79.9. The molecule has 1 N–H and O–H groups in total. The Balaban J connectivity index is 1.45. The van der Waals surface area contributed by atoms with Crippen LogP contribution >= 0.6 is 15.9 Å². The van der Waals surface area contributed by atoms with Crippen LogP contribution in [0.25, 0.3) is 5.65 Å². The summed E-state index contributed by atoms with van der Waals surface area (Å²) in [6.07, 6.45) is 0. The average Bonchev–Trinajstić information content (AvgIpc) is 3.13. The molecule has 8 nitrogen and oxygen atoms in total. The van der Waals surface area contributed by atoms with Crippen molar-refractivity contribution in [2.24, 2.45) is 0 Å². The molecular weight excluding hydrogens is 466 g/mol. The number of amides is 1. The van der Waals surface area contributed by atoms with Gasteiger partial charge in [-0.2, -0.15) is 0 Å². The van der Waals surface area contributed by atoms with Gasteiger partial charge in [-0.05, 0) is 53.2 Å². The molecule has 2 heterocycles. The second kappa shape index (κ2) is 8.57. The van der Waals surface area contributed by atoms with Crippen LogP contribution in [-0.4, -0.2) is 21.4 Å². The lowest BCUT2D eigenvalue weighted by Crippen LogP contribution is -2.15. The molecule has 1 amide bonds. The molecule has 2 aromatic heterocycles. The summed E-state index contributed by atoms with van der Waals surface area (Å²) in [5.41, 5.74) is 1.41. The Bertz CT molecular complexity index is 1360. The molecule has 0 spiro atoms. The van der Waals surface area contributed by atoms with Gasteiger partial charge in [-0.25, -0.2) is 9.78 Å². The Kier molecular flexibility index (Phi) is 5.68. The van der Waals surface area contributed by atoms with E-state index in [0.29, 0.717) is 32.8 Å². The summed E-state index contributed by atoms with van der Waals surface area (Å²) >= 11 is 3.34. The summed E-state index contributed by atoms with van der Waals surface area (Å²) < 4.78 is 12.2. The van der Waals surface area contributed by atoms with Gasteiger partial charge in [0.2, 0.25) is 0 Å². The molecule has 0 radical (unpaired) electrons. The molecule has 0 aliphatic carbocycles. The summed E-state index contributed by atoms with van der Waals surface area (Å²) in [5, 5.41) is 2.75. The van der Waals surface area contributed by atoms with Crippen molar-refractivity contribution in [1.82, 2.24) is 9.56 Å². The summed E-state index contributed by atoms with van der Waals surface area (Å²) in [7, 11) is 0. The Labute approximate surface area is 184 Å². The summed E-state index contributed by atoms with van der Waals surface area (Å²) in [6.45, 7) is 1.53. The monoisotopic (exact) mass is 481 g/mol. The quantitative estimate of drug-likeness (QED) is 0.432. The third kappa shape index (κ3) is 4.56. The van der Waals surface area contributed by atoms with E-state index >= 15 is 0 Å². The highest BCUT2D eigenvalue weighted by Crippen LogP contribution is 2.19. The second-order valence-electron chi connectivity index (χ2n) is 6.68. The topological polar surface area (TPSA) is 103 Å². The van der Waals surface area contributed by atoms with Gasteiger partial charge in [0, 0.05) is 22.3 Å². The molecule has 0 saturated carbocycles. The first-order valence-electron chi connectivity index (χ1n) is 9.23. The van der Waals surface area contributed by atoms with Crippen molar-refractivity contribution in [2.45, 2.75) is 13.5 Å². The fraction of sp³-hybridized carbons (Fsp3) is 0.0909. The van der Waals surface area contributed by atoms with Gasteiger partial charge in [-0.15, -0.1) is 4.57 Å². The van der Waals surface area contributed by atoms with E-state index in [1.807, 2.05) is 6.07 Å². The number of nitrogens with one attached hydrogen (secondary N) is 1. The highest BCUT2D eigenvalue weighted by molar-refractivity contribution is 9.10. The number of ether oxygens (including phenoxy) is 1. The average molecular weight is 482 g/mol. The lowest BCUT2D eigenvalue weighted by Gasteiger charge is -2.09. The van der Waals surface area contributed by atoms with E-state index in [9.17, 15) is 14.4 Å². The maximum atomic E-state index is 12.5. The van der Waals surface area contributed by atoms with Gasteiger partial charge in [-0.3, -0.25) is 9.59 Å². The van der Waals surface area contributed by atoms with Gasteiger partial charge < -0.3 is 14.6 Å². The Hall–Kier alpha value is -3.72. The molecule has 0 bridgehead atoms. The number of aryl methyl sites for hydroxylation is 1. The molecule has 0 aliphatic heterocycles. The lowest BCUT2D eigenvalue weighted by molar-refractivity contribution is 0.0467. The molecule has 0 atom stereocenters. The van der Waals surface area contributed by atoms with E-state index in [-0.39, 0.29) is 18.1 Å². The summed E-state index contributed by atoms with van der Waals surface area (Å²) in [5.74, 6) is -0.381. The van der Waals surface area contributed by atoms with Crippen molar-refractivity contribution < 1.29 is 18.8 Å². The van der Waals surface area contributed by atoms with E-state index < -0.39 is 11.5 Å². The van der Waals surface area contributed by atoms with E-state index in [0.717, 1.165) is 4.57 Å². The first-order chi connectivity index (χ1) is 14.9. The number of carbonyl (C=O) groups is 2. The second-order valence-corrected chi connectivity index (χ2v) is 7.53. The van der Waals surface area contributed by atoms with Gasteiger partial charge >= 0.3 is 5.97 Å². The molecule has 4 aromatic rings. The van der Waals surface area contributed by atoms with Crippen molar-refractivity contribution >= 4 is 39.1 Å². The smallest absolute Gasteiger partial charge is 0.338 e. The molecule has 2 aromatic carbocycles. The molecule has 156 valence electrons. The van der Waals surface area contributed by atoms with Gasteiger partial charge in [0.15, 0.2) is 5.65 Å². The number of rotatable bonds is 5. The van der Waals surface area contributed by atoms with Crippen LogP contribution < -0.4 is 10.9 Å². The molecule has 31 heavy (non-hydrogen) atoms. The zero-order chi connectivity index (χ0) is 22.0. The van der Waals surface area contributed by atoms with Crippen LogP contribution in [0.1, 0.15) is 32.2 Å². The van der Waals surface area contributed by atoms with Crippen molar-refractivity contribution in [3.63, 3.8) is 0 Å². The van der Waals surface area contributed by atoms with Crippen LogP contribution in [0.4, 0.5) is 5.69 Å². The first-order valence-corrected chi connectivity index (χ1v) is 10.0. The number of hydrogen-bond donors (Lipinski definition) is 1. The van der Waals surface area contributed by atoms with Gasteiger partial charge in [0.05, 0.1) is 16.8 Å². The van der Waals surface area contributed by atoms with Crippen LogP contribution in [0.15, 0.2) is 74.5 Å². The Morgan fingerprint density at radius 3 is 2.74 bits per heavy atom. The Morgan fingerprint density at radius 1 is 1.13 bits per heavy atom. The normalized spacial score (nSPS) is 10.8. The van der Waals surface area contributed by atoms with E-state index in [1.54, 1.807) is 49.4 Å². The number of esters is 1. The molecular formula is C22H16BrN3O5. The number of aromatic nitrogens is 2. The summed E-state index contributed by atoms with van der Waals surface area (Å²) in [6, 6.07) is 16.3. The maximum absolute atomic E-state index is 12.5. The minimum absolute atomic E-state index is 0.178. The van der Waals surface area contributed by atoms with Gasteiger partial charge in [0.1, 0.15) is 12.4 Å².